The number of nitrogens with two attached hydrogens (primary N) is 1. The molecule has 4 heteroatoms. The lowest BCUT2D eigenvalue weighted by molar-refractivity contribution is 0.476. The van der Waals surface area contributed by atoms with E-state index in [1.165, 1.54) is 0 Å². The zero-order valence-corrected chi connectivity index (χ0v) is 12.0. The molecule has 2 nitrogen and oxygen atoms in total. The fraction of sp³-hybridized carbons (Fsp3) is 0.143. The van der Waals surface area contributed by atoms with E-state index in [1.54, 1.807) is 6.07 Å². The molecule has 2 rings (SSSR count). The average Bonchev–Trinajstić information content (AvgIpc) is 2.35. The molecule has 0 heterocycles. The summed E-state index contributed by atoms with van der Waals surface area (Å²) in [5.74, 6) is 1.44. The van der Waals surface area contributed by atoms with Gasteiger partial charge in [0, 0.05) is 4.47 Å². The largest absolute Gasteiger partial charge is 0.456 e. The van der Waals surface area contributed by atoms with Gasteiger partial charge >= 0.3 is 0 Å². The summed E-state index contributed by atoms with van der Waals surface area (Å²) >= 11 is 9.52. The normalized spacial score (nSPS) is 10.4. The van der Waals surface area contributed by atoms with Crippen molar-refractivity contribution in [2.45, 2.75) is 6.42 Å². The smallest absolute Gasteiger partial charge is 0.146 e. The third-order valence-electron chi connectivity index (χ3n) is 2.49. The quantitative estimate of drug-likeness (QED) is 0.904. The van der Waals surface area contributed by atoms with Gasteiger partial charge in [0.25, 0.3) is 0 Å². The van der Waals surface area contributed by atoms with Crippen LogP contribution in [-0.4, -0.2) is 6.54 Å². The van der Waals surface area contributed by atoms with Crippen LogP contribution in [-0.2, 0) is 6.42 Å². The van der Waals surface area contributed by atoms with Gasteiger partial charge in [0.05, 0.1) is 5.02 Å². The van der Waals surface area contributed by atoms with Gasteiger partial charge in [0.1, 0.15) is 11.5 Å². The predicted octanol–water partition coefficient (Wildman–Crippen LogP) is 4.40. The summed E-state index contributed by atoms with van der Waals surface area (Å²) in [5.41, 5.74) is 6.67. The molecule has 0 fully saturated rings. The van der Waals surface area contributed by atoms with E-state index < -0.39 is 0 Å². The van der Waals surface area contributed by atoms with Crippen molar-refractivity contribution >= 4 is 27.5 Å². The fourth-order valence-electron chi connectivity index (χ4n) is 1.64. The molecular formula is C14H13BrClNO. The highest BCUT2D eigenvalue weighted by molar-refractivity contribution is 9.10. The van der Waals surface area contributed by atoms with E-state index in [4.69, 9.17) is 22.1 Å². The van der Waals surface area contributed by atoms with Crippen molar-refractivity contribution in [2.24, 2.45) is 5.73 Å². The Balaban J connectivity index is 2.31. The molecule has 0 aliphatic carbocycles. The maximum absolute atomic E-state index is 6.08. The zero-order valence-electron chi connectivity index (χ0n) is 9.70. The maximum atomic E-state index is 6.08. The van der Waals surface area contributed by atoms with Gasteiger partial charge in [-0.15, -0.1) is 0 Å². The molecule has 2 N–H and O–H groups in total. The minimum atomic E-state index is 0.579. The Hall–Kier alpha value is -1.03. The van der Waals surface area contributed by atoms with E-state index in [0.29, 0.717) is 17.3 Å². The fourth-order valence-corrected chi connectivity index (χ4v) is 2.23. The van der Waals surface area contributed by atoms with E-state index >= 15 is 0 Å². The van der Waals surface area contributed by atoms with Crippen LogP contribution in [0.3, 0.4) is 0 Å². The molecule has 0 aromatic heterocycles. The van der Waals surface area contributed by atoms with E-state index in [1.807, 2.05) is 36.4 Å². The SMILES string of the molecule is NCCc1cc(Br)ccc1Oc1ccccc1Cl. The molecule has 2 aromatic rings. The van der Waals surface area contributed by atoms with E-state index in [9.17, 15) is 0 Å². The Morgan fingerprint density at radius 1 is 1.11 bits per heavy atom. The van der Waals surface area contributed by atoms with Gasteiger partial charge in [-0.25, -0.2) is 0 Å². The number of rotatable bonds is 4. The second-order valence-electron chi connectivity index (χ2n) is 3.82. The molecule has 0 spiro atoms. The van der Waals surface area contributed by atoms with Crippen molar-refractivity contribution in [3.05, 3.63) is 57.5 Å². The van der Waals surface area contributed by atoms with Crippen LogP contribution < -0.4 is 10.5 Å². The highest BCUT2D eigenvalue weighted by Crippen LogP contribution is 2.32. The number of ether oxygens (including phenoxy) is 1. The molecular weight excluding hydrogens is 314 g/mol. The van der Waals surface area contributed by atoms with E-state index in [-0.39, 0.29) is 0 Å². The van der Waals surface area contributed by atoms with Gasteiger partial charge in [-0.05, 0) is 48.9 Å². The molecule has 0 bridgehead atoms. The van der Waals surface area contributed by atoms with Gasteiger partial charge in [-0.1, -0.05) is 39.7 Å². The minimum absolute atomic E-state index is 0.579. The summed E-state index contributed by atoms with van der Waals surface area (Å²) in [6.07, 6.45) is 0.763. The monoisotopic (exact) mass is 325 g/mol. The lowest BCUT2D eigenvalue weighted by atomic mass is 10.1. The molecule has 2 aromatic carbocycles. The molecule has 0 saturated carbocycles. The lowest BCUT2D eigenvalue weighted by Crippen LogP contribution is -2.04. The van der Waals surface area contributed by atoms with Crippen molar-refractivity contribution in [1.29, 1.82) is 0 Å². The third kappa shape index (κ3) is 3.25. The van der Waals surface area contributed by atoms with Crippen LogP contribution in [0.1, 0.15) is 5.56 Å². The Morgan fingerprint density at radius 2 is 1.89 bits per heavy atom. The van der Waals surface area contributed by atoms with Gasteiger partial charge in [-0.3, -0.25) is 0 Å². The number of hydrogen-bond acceptors (Lipinski definition) is 2. The van der Waals surface area contributed by atoms with Gasteiger partial charge in [0.15, 0.2) is 0 Å². The second-order valence-corrected chi connectivity index (χ2v) is 5.15. The summed E-state index contributed by atoms with van der Waals surface area (Å²) in [6, 6.07) is 13.3. The molecule has 94 valence electrons. The molecule has 0 amide bonds. The van der Waals surface area contributed by atoms with Crippen LogP contribution in [0, 0.1) is 0 Å². The first-order chi connectivity index (χ1) is 8.70. The van der Waals surface area contributed by atoms with Crippen molar-refractivity contribution in [1.82, 2.24) is 0 Å². The van der Waals surface area contributed by atoms with Gasteiger partial charge in [-0.2, -0.15) is 0 Å². The number of hydrogen-bond donors (Lipinski definition) is 1. The molecule has 0 saturated heterocycles. The zero-order chi connectivity index (χ0) is 13.0. The topological polar surface area (TPSA) is 35.2 Å². The first-order valence-corrected chi connectivity index (χ1v) is 6.78. The van der Waals surface area contributed by atoms with E-state index in [0.717, 1.165) is 22.2 Å². The number of para-hydroxylation sites is 1. The maximum Gasteiger partial charge on any atom is 0.146 e. The lowest BCUT2D eigenvalue weighted by Gasteiger charge is -2.12. The highest BCUT2D eigenvalue weighted by atomic mass is 79.9. The van der Waals surface area contributed by atoms with Crippen LogP contribution in [0.5, 0.6) is 11.5 Å². The standard InChI is InChI=1S/C14H13BrClNO/c15-11-5-6-13(10(9-11)7-8-17)18-14-4-2-1-3-12(14)16/h1-6,9H,7-8,17H2. The van der Waals surface area contributed by atoms with Gasteiger partial charge in [0.2, 0.25) is 0 Å². The molecule has 0 aliphatic rings. The molecule has 18 heavy (non-hydrogen) atoms. The molecule has 0 aliphatic heterocycles. The van der Waals surface area contributed by atoms with Crippen LogP contribution in [0.15, 0.2) is 46.9 Å². The van der Waals surface area contributed by atoms with Crippen molar-refractivity contribution in [2.75, 3.05) is 6.54 Å². The summed E-state index contributed by atoms with van der Waals surface area (Å²) in [4.78, 5) is 0. The first kappa shape index (κ1) is 13.4. The second kappa shape index (κ2) is 6.23. The summed E-state index contributed by atoms with van der Waals surface area (Å²) in [7, 11) is 0. The van der Waals surface area contributed by atoms with Crippen molar-refractivity contribution in [3.8, 4) is 11.5 Å². The number of halogens is 2. The number of benzene rings is 2. The van der Waals surface area contributed by atoms with Crippen LogP contribution >= 0.6 is 27.5 Å². The minimum Gasteiger partial charge on any atom is -0.456 e. The van der Waals surface area contributed by atoms with E-state index in [2.05, 4.69) is 15.9 Å². The summed E-state index contributed by atoms with van der Waals surface area (Å²) < 4.78 is 6.85. The molecule has 0 atom stereocenters. The summed E-state index contributed by atoms with van der Waals surface area (Å²) in [5, 5.41) is 0.596. The van der Waals surface area contributed by atoms with Crippen LogP contribution in [0.4, 0.5) is 0 Å². The first-order valence-electron chi connectivity index (χ1n) is 5.61. The molecule has 0 unspecified atom stereocenters. The van der Waals surface area contributed by atoms with Gasteiger partial charge < -0.3 is 10.5 Å². The summed E-state index contributed by atoms with van der Waals surface area (Å²) in [6.45, 7) is 0.579. The Labute approximate surface area is 120 Å². The average molecular weight is 327 g/mol. The van der Waals surface area contributed by atoms with Crippen molar-refractivity contribution < 1.29 is 4.74 Å². The molecule has 0 radical (unpaired) electrons. The Bertz CT molecular complexity index is 545. The predicted molar refractivity (Wildman–Crippen MR) is 78.4 cm³/mol. The highest BCUT2D eigenvalue weighted by Gasteiger charge is 2.07. The van der Waals surface area contributed by atoms with Crippen LogP contribution in [0.25, 0.3) is 0 Å². The van der Waals surface area contributed by atoms with Crippen molar-refractivity contribution in [3.63, 3.8) is 0 Å². The Kier molecular flexibility index (Phi) is 4.64. The van der Waals surface area contributed by atoms with Crippen LogP contribution in [0.2, 0.25) is 5.02 Å². The Morgan fingerprint density at radius 3 is 2.61 bits per heavy atom. The third-order valence-corrected chi connectivity index (χ3v) is 3.30.